The molecular formula is C17H20ClNO. The van der Waals surface area contributed by atoms with Gasteiger partial charge in [-0.3, -0.25) is 0 Å². The summed E-state index contributed by atoms with van der Waals surface area (Å²) in [6.45, 7) is 4.74. The summed E-state index contributed by atoms with van der Waals surface area (Å²) in [5, 5.41) is 0.695. The van der Waals surface area contributed by atoms with Gasteiger partial charge in [0.25, 0.3) is 0 Å². The molecule has 2 N–H and O–H groups in total. The van der Waals surface area contributed by atoms with Gasteiger partial charge in [0.15, 0.2) is 0 Å². The number of ether oxygens (including phenoxy) is 1. The van der Waals surface area contributed by atoms with Crippen LogP contribution in [0.5, 0.6) is 5.75 Å². The van der Waals surface area contributed by atoms with Gasteiger partial charge in [-0.25, -0.2) is 0 Å². The number of hydrogen-bond acceptors (Lipinski definition) is 2. The summed E-state index contributed by atoms with van der Waals surface area (Å²) < 4.78 is 6.01. The summed E-state index contributed by atoms with van der Waals surface area (Å²) in [6, 6.07) is 15.8. The molecule has 0 amide bonds. The molecule has 2 nitrogen and oxygen atoms in total. The lowest BCUT2D eigenvalue weighted by molar-refractivity contribution is 0.214. The minimum absolute atomic E-state index is 0.184. The standard InChI is InChI=1S/C17H20ClNO/c1-12(2)13-5-4-8-16(10-13)20-17(11-19)14-6-3-7-15(18)9-14/h3-10,12,17H,11,19H2,1-2H3. The molecule has 0 spiro atoms. The van der Waals surface area contributed by atoms with Gasteiger partial charge >= 0.3 is 0 Å². The monoisotopic (exact) mass is 289 g/mol. The molecule has 0 saturated heterocycles. The minimum atomic E-state index is -0.184. The smallest absolute Gasteiger partial charge is 0.136 e. The largest absolute Gasteiger partial charge is 0.484 e. The van der Waals surface area contributed by atoms with Crippen molar-refractivity contribution in [2.45, 2.75) is 25.9 Å². The second-order valence-corrected chi connectivity index (χ2v) is 5.56. The lowest BCUT2D eigenvalue weighted by atomic mass is 10.0. The zero-order valence-electron chi connectivity index (χ0n) is 11.8. The first kappa shape index (κ1) is 14.9. The quantitative estimate of drug-likeness (QED) is 0.877. The number of rotatable bonds is 5. The third-order valence-corrected chi connectivity index (χ3v) is 3.47. The Labute approximate surface area is 125 Å². The Morgan fingerprint density at radius 3 is 2.40 bits per heavy atom. The maximum absolute atomic E-state index is 6.02. The predicted molar refractivity (Wildman–Crippen MR) is 84.4 cm³/mol. The highest BCUT2D eigenvalue weighted by atomic mass is 35.5. The van der Waals surface area contributed by atoms with E-state index in [-0.39, 0.29) is 6.10 Å². The van der Waals surface area contributed by atoms with Crippen molar-refractivity contribution in [1.82, 2.24) is 0 Å². The second kappa shape index (κ2) is 6.78. The van der Waals surface area contributed by atoms with E-state index < -0.39 is 0 Å². The van der Waals surface area contributed by atoms with Crippen LogP contribution >= 0.6 is 11.6 Å². The molecule has 20 heavy (non-hydrogen) atoms. The molecule has 3 heteroatoms. The van der Waals surface area contributed by atoms with Crippen LogP contribution in [0.4, 0.5) is 0 Å². The van der Waals surface area contributed by atoms with E-state index in [1.807, 2.05) is 36.4 Å². The fraction of sp³-hybridized carbons (Fsp3) is 0.294. The fourth-order valence-electron chi connectivity index (χ4n) is 2.07. The highest BCUT2D eigenvalue weighted by molar-refractivity contribution is 6.30. The summed E-state index contributed by atoms with van der Waals surface area (Å²) in [5.41, 5.74) is 8.08. The van der Waals surface area contributed by atoms with E-state index in [0.29, 0.717) is 17.5 Å². The molecule has 0 radical (unpaired) electrons. The molecule has 2 aromatic rings. The molecule has 0 bridgehead atoms. The predicted octanol–water partition coefficient (Wildman–Crippen LogP) is 4.54. The average Bonchev–Trinajstić information content (AvgIpc) is 2.45. The third-order valence-electron chi connectivity index (χ3n) is 3.24. The Hall–Kier alpha value is -1.51. The topological polar surface area (TPSA) is 35.2 Å². The molecule has 1 atom stereocenters. The molecule has 2 rings (SSSR count). The Balaban J connectivity index is 2.20. The van der Waals surface area contributed by atoms with Crippen LogP contribution in [0.3, 0.4) is 0 Å². The Morgan fingerprint density at radius 1 is 1.05 bits per heavy atom. The lowest BCUT2D eigenvalue weighted by Gasteiger charge is -2.19. The Kier molecular flexibility index (Phi) is 5.05. The summed E-state index contributed by atoms with van der Waals surface area (Å²) >= 11 is 6.02. The minimum Gasteiger partial charge on any atom is -0.484 e. The van der Waals surface area contributed by atoms with Crippen molar-refractivity contribution in [3.8, 4) is 5.75 Å². The number of benzene rings is 2. The van der Waals surface area contributed by atoms with E-state index in [4.69, 9.17) is 22.1 Å². The van der Waals surface area contributed by atoms with Crippen molar-refractivity contribution < 1.29 is 4.74 Å². The molecule has 0 aliphatic rings. The summed E-state index contributed by atoms with van der Waals surface area (Å²) in [4.78, 5) is 0. The number of hydrogen-bond donors (Lipinski definition) is 1. The number of nitrogens with two attached hydrogens (primary N) is 1. The van der Waals surface area contributed by atoms with Gasteiger partial charge in [-0.15, -0.1) is 0 Å². The van der Waals surface area contributed by atoms with Gasteiger partial charge in [0.05, 0.1) is 0 Å². The van der Waals surface area contributed by atoms with E-state index in [0.717, 1.165) is 11.3 Å². The molecule has 0 aliphatic carbocycles. The first-order valence-electron chi connectivity index (χ1n) is 6.82. The van der Waals surface area contributed by atoms with Crippen LogP contribution in [0.2, 0.25) is 5.02 Å². The zero-order chi connectivity index (χ0) is 14.5. The van der Waals surface area contributed by atoms with E-state index in [1.165, 1.54) is 5.56 Å². The Morgan fingerprint density at radius 2 is 1.75 bits per heavy atom. The van der Waals surface area contributed by atoms with Gasteiger partial charge in [-0.1, -0.05) is 49.7 Å². The van der Waals surface area contributed by atoms with Crippen molar-refractivity contribution in [1.29, 1.82) is 0 Å². The summed E-state index contributed by atoms with van der Waals surface area (Å²) in [5.74, 6) is 1.31. The van der Waals surface area contributed by atoms with Gasteiger partial charge in [0, 0.05) is 11.6 Å². The van der Waals surface area contributed by atoms with Crippen LogP contribution in [-0.2, 0) is 0 Å². The molecule has 2 aromatic carbocycles. The molecule has 1 unspecified atom stereocenters. The van der Waals surface area contributed by atoms with Gasteiger partial charge in [-0.2, -0.15) is 0 Å². The van der Waals surface area contributed by atoms with E-state index >= 15 is 0 Å². The highest BCUT2D eigenvalue weighted by Gasteiger charge is 2.12. The van der Waals surface area contributed by atoms with Crippen molar-refractivity contribution in [2.75, 3.05) is 6.54 Å². The molecule has 0 saturated carbocycles. The second-order valence-electron chi connectivity index (χ2n) is 5.12. The first-order valence-corrected chi connectivity index (χ1v) is 7.20. The van der Waals surface area contributed by atoms with E-state index in [2.05, 4.69) is 26.0 Å². The molecule has 0 aliphatic heterocycles. The Bertz CT molecular complexity index is 568. The van der Waals surface area contributed by atoms with Gasteiger partial charge in [0.1, 0.15) is 11.9 Å². The third kappa shape index (κ3) is 3.75. The van der Waals surface area contributed by atoms with Crippen LogP contribution in [0.25, 0.3) is 0 Å². The fourth-order valence-corrected chi connectivity index (χ4v) is 2.27. The first-order chi connectivity index (χ1) is 9.60. The number of halogens is 1. The average molecular weight is 290 g/mol. The van der Waals surface area contributed by atoms with Crippen LogP contribution in [-0.4, -0.2) is 6.54 Å². The van der Waals surface area contributed by atoms with Crippen molar-refractivity contribution in [3.05, 3.63) is 64.7 Å². The maximum Gasteiger partial charge on any atom is 0.136 e. The van der Waals surface area contributed by atoms with Crippen molar-refractivity contribution >= 4 is 11.6 Å². The maximum atomic E-state index is 6.02. The van der Waals surface area contributed by atoms with Crippen LogP contribution < -0.4 is 10.5 Å². The zero-order valence-corrected chi connectivity index (χ0v) is 12.6. The highest BCUT2D eigenvalue weighted by Crippen LogP contribution is 2.26. The van der Waals surface area contributed by atoms with Crippen LogP contribution in [0, 0.1) is 0 Å². The van der Waals surface area contributed by atoms with E-state index in [1.54, 1.807) is 0 Å². The van der Waals surface area contributed by atoms with Crippen LogP contribution in [0.15, 0.2) is 48.5 Å². The van der Waals surface area contributed by atoms with Crippen molar-refractivity contribution in [2.24, 2.45) is 5.73 Å². The normalized spacial score (nSPS) is 12.4. The summed E-state index contributed by atoms with van der Waals surface area (Å²) in [7, 11) is 0. The van der Waals surface area contributed by atoms with Gasteiger partial charge < -0.3 is 10.5 Å². The molecule has 106 valence electrons. The van der Waals surface area contributed by atoms with Gasteiger partial charge in [-0.05, 0) is 41.3 Å². The molecule has 0 fully saturated rings. The SMILES string of the molecule is CC(C)c1cccc(OC(CN)c2cccc(Cl)c2)c1. The molecule has 0 aromatic heterocycles. The summed E-state index contributed by atoms with van der Waals surface area (Å²) in [6.07, 6.45) is -0.184. The van der Waals surface area contributed by atoms with E-state index in [9.17, 15) is 0 Å². The lowest BCUT2D eigenvalue weighted by Crippen LogP contribution is -2.18. The van der Waals surface area contributed by atoms with Crippen LogP contribution in [0.1, 0.15) is 37.0 Å². The van der Waals surface area contributed by atoms with Gasteiger partial charge in [0.2, 0.25) is 0 Å². The molecule has 0 heterocycles. The van der Waals surface area contributed by atoms with Crippen molar-refractivity contribution in [3.63, 3.8) is 0 Å². The molecular weight excluding hydrogens is 270 g/mol.